The molecule has 0 N–H and O–H groups in total. The van der Waals surface area contributed by atoms with Crippen LogP contribution < -0.4 is 0 Å². The Bertz CT molecular complexity index is 729. The molecular weight excluding hydrogens is 348 g/mol. The third kappa shape index (κ3) is 4.17. The number of amides is 1. The third-order valence-corrected chi connectivity index (χ3v) is 3.85. The van der Waals surface area contributed by atoms with E-state index >= 15 is 0 Å². The fourth-order valence-corrected chi connectivity index (χ4v) is 2.72. The second kappa shape index (κ2) is 7.39. The smallest absolute Gasteiger partial charge is 0.411 e. The van der Waals surface area contributed by atoms with Crippen LogP contribution in [0.3, 0.4) is 0 Å². The second-order valence-electron chi connectivity index (χ2n) is 7.00. The average Bonchev–Trinajstić information content (AvgIpc) is 2.94. The Kier molecular flexibility index (Phi) is 5.63. The predicted molar refractivity (Wildman–Crippen MR) is 88.3 cm³/mol. The van der Waals surface area contributed by atoms with Crippen molar-refractivity contribution in [1.29, 1.82) is 0 Å². The molecule has 2 rings (SSSR count). The fourth-order valence-electron chi connectivity index (χ4n) is 2.72. The SMILES string of the molecule is COC(=O)c1cccc(C(=O)[C@@H]2C[C@@H](F)CN2C(=O)OC(C)(C)C)c1F. The van der Waals surface area contributed by atoms with Crippen LogP contribution in [0.25, 0.3) is 0 Å². The number of Topliss-reactive ketones (excluding diaryl/α,β-unsaturated/α-hetero) is 1. The van der Waals surface area contributed by atoms with Crippen LogP contribution in [0.5, 0.6) is 0 Å². The zero-order valence-corrected chi connectivity index (χ0v) is 15.0. The van der Waals surface area contributed by atoms with E-state index in [1.165, 1.54) is 18.2 Å². The maximum absolute atomic E-state index is 14.6. The van der Waals surface area contributed by atoms with Gasteiger partial charge in [0, 0.05) is 6.42 Å². The van der Waals surface area contributed by atoms with E-state index < -0.39 is 52.6 Å². The highest BCUT2D eigenvalue weighted by atomic mass is 19.1. The number of ketones is 1. The Hall–Kier alpha value is -2.51. The standard InChI is InChI=1S/C18H21F2NO5/c1-18(2,3)26-17(24)21-9-10(19)8-13(21)15(22)11-6-5-7-12(14(11)20)16(23)25-4/h5-7,10,13H,8-9H2,1-4H3/t10-,13+/m1/s1. The Morgan fingerprint density at radius 2 is 1.81 bits per heavy atom. The predicted octanol–water partition coefficient (Wildman–Crippen LogP) is 3.14. The molecule has 0 aliphatic carbocycles. The van der Waals surface area contributed by atoms with Gasteiger partial charge in [0.1, 0.15) is 23.6 Å². The molecule has 142 valence electrons. The quantitative estimate of drug-likeness (QED) is 0.605. The molecule has 1 amide bonds. The molecule has 1 aliphatic heterocycles. The van der Waals surface area contributed by atoms with E-state index in [1.807, 2.05) is 0 Å². The summed E-state index contributed by atoms with van der Waals surface area (Å²) in [7, 11) is 1.09. The van der Waals surface area contributed by atoms with Crippen LogP contribution in [-0.4, -0.2) is 54.2 Å². The van der Waals surface area contributed by atoms with Gasteiger partial charge in [-0.25, -0.2) is 18.4 Å². The Balaban J connectivity index is 2.33. The van der Waals surface area contributed by atoms with Crippen LogP contribution in [-0.2, 0) is 9.47 Å². The number of methoxy groups -OCH3 is 1. The van der Waals surface area contributed by atoms with E-state index in [9.17, 15) is 23.2 Å². The van der Waals surface area contributed by atoms with Crippen molar-refractivity contribution in [3.63, 3.8) is 0 Å². The highest BCUT2D eigenvalue weighted by molar-refractivity contribution is 6.04. The van der Waals surface area contributed by atoms with Crippen LogP contribution >= 0.6 is 0 Å². The molecule has 2 atom stereocenters. The molecule has 1 saturated heterocycles. The topological polar surface area (TPSA) is 72.9 Å². The van der Waals surface area contributed by atoms with Gasteiger partial charge in [-0.2, -0.15) is 0 Å². The lowest BCUT2D eigenvalue weighted by Gasteiger charge is -2.27. The largest absolute Gasteiger partial charge is 0.465 e. The van der Waals surface area contributed by atoms with E-state index in [0.29, 0.717) is 0 Å². The van der Waals surface area contributed by atoms with E-state index in [0.717, 1.165) is 12.0 Å². The number of rotatable bonds is 3. The average molecular weight is 369 g/mol. The van der Waals surface area contributed by atoms with E-state index in [2.05, 4.69) is 4.74 Å². The molecule has 0 spiro atoms. The molecule has 0 bridgehead atoms. The van der Waals surface area contributed by atoms with E-state index in [4.69, 9.17) is 4.74 Å². The number of carbonyl (C=O) groups excluding carboxylic acids is 3. The summed E-state index contributed by atoms with van der Waals surface area (Å²) in [6.45, 7) is 4.61. The number of hydrogen-bond donors (Lipinski definition) is 0. The molecular formula is C18H21F2NO5. The minimum absolute atomic E-state index is 0.264. The van der Waals surface area contributed by atoms with Crippen molar-refractivity contribution in [3.8, 4) is 0 Å². The molecule has 1 heterocycles. The van der Waals surface area contributed by atoms with Gasteiger partial charge in [-0.3, -0.25) is 9.69 Å². The number of halogens is 2. The molecule has 1 aromatic carbocycles. The number of carbonyl (C=O) groups is 3. The molecule has 26 heavy (non-hydrogen) atoms. The summed E-state index contributed by atoms with van der Waals surface area (Å²) < 4.78 is 38.1. The van der Waals surface area contributed by atoms with E-state index in [1.54, 1.807) is 20.8 Å². The molecule has 1 fully saturated rings. The van der Waals surface area contributed by atoms with Crippen LogP contribution in [0.4, 0.5) is 13.6 Å². The first-order valence-electron chi connectivity index (χ1n) is 8.10. The first-order chi connectivity index (χ1) is 12.0. The van der Waals surface area contributed by atoms with Gasteiger partial charge in [0.15, 0.2) is 5.78 Å². The van der Waals surface area contributed by atoms with Crippen molar-refractivity contribution in [2.45, 2.75) is 45.0 Å². The Morgan fingerprint density at radius 1 is 1.19 bits per heavy atom. The zero-order chi connectivity index (χ0) is 19.6. The van der Waals surface area contributed by atoms with Gasteiger partial charge in [-0.05, 0) is 32.9 Å². The minimum Gasteiger partial charge on any atom is -0.465 e. The first-order valence-corrected chi connectivity index (χ1v) is 8.10. The maximum Gasteiger partial charge on any atom is 0.411 e. The normalized spacial score (nSPS) is 20.0. The van der Waals surface area contributed by atoms with Crippen molar-refractivity contribution in [1.82, 2.24) is 4.90 Å². The lowest BCUT2D eigenvalue weighted by Crippen LogP contribution is -2.43. The lowest BCUT2D eigenvalue weighted by atomic mass is 9.99. The van der Waals surface area contributed by atoms with Gasteiger partial charge in [0.2, 0.25) is 0 Å². The minimum atomic E-state index is -1.43. The Labute approximate surface area is 150 Å². The number of nitrogens with zero attached hydrogens (tertiary/aromatic N) is 1. The summed E-state index contributed by atoms with van der Waals surface area (Å²) in [6.07, 6.45) is -2.54. The van der Waals surface area contributed by atoms with Crippen molar-refractivity contribution in [3.05, 3.63) is 35.1 Å². The van der Waals surface area contributed by atoms with Gasteiger partial charge in [-0.15, -0.1) is 0 Å². The van der Waals surface area contributed by atoms with Crippen molar-refractivity contribution in [2.75, 3.05) is 13.7 Å². The van der Waals surface area contributed by atoms with E-state index in [-0.39, 0.29) is 13.0 Å². The lowest BCUT2D eigenvalue weighted by molar-refractivity contribution is 0.0214. The molecule has 1 aliphatic rings. The molecule has 0 radical (unpaired) electrons. The van der Waals surface area contributed by atoms with Gasteiger partial charge in [0.25, 0.3) is 0 Å². The molecule has 8 heteroatoms. The number of likely N-dealkylation sites (tertiary alicyclic amines) is 1. The van der Waals surface area contributed by atoms with Crippen LogP contribution in [0.15, 0.2) is 18.2 Å². The number of alkyl halides is 1. The summed E-state index contributed by atoms with van der Waals surface area (Å²) >= 11 is 0. The number of hydrogen-bond acceptors (Lipinski definition) is 5. The number of ether oxygens (including phenoxy) is 2. The van der Waals surface area contributed by atoms with Gasteiger partial charge < -0.3 is 9.47 Å². The monoisotopic (exact) mass is 369 g/mol. The zero-order valence-electron chi connectivity index (χ0n) is 15.0. The van der Waals surface area contributed by atoms with Gasteiger partial charge in [0.05, 0.1) is 24.8 Å². The highest BCUT2D eigenvalue weighted by Crippen LogP contribution is 2.27. The summed E-state index contributed by atoms with van der Waals surface area (Å²) in [5.74, 6) is -2.79. The van der Waals surface area contributed by atoms with Gasteiger partial charge >= 0.3 is 12.1 Å². The molecule has 0 unspecified atom stereocenters. The van der Waals surface area contributed by atoms with Crippen molar-refractivity contribution >= 4 is 17.8 Å². The first kappa shape index (κ1) is 19.8. The van der Waals surface area contributed by atoms with Crippen molar-refractivity contribution in [2.24, 2.45) is 0 Å². The van der Waals surface area contributed by atoms with Crippen LogP contribution in [0.2, 0.25) is 0 Å². The summed E-state index contributed by atoms with van der Waals surface area (Å²) in [5.41, 5.74) is -1.63. The number of benzene rings is 1. The maximum atomic E-state index is 14.6. The Morgan fingerprint density at radius 3 is 2.38 bits per heavy atom. The highest BCUT2D eigenvalue weighted by Gasteiger charge is 2.42. The number of esters is 1. The van der Waals surface area contributed by atoms with Crippen LogP contribution in [0, 0.1) is 5.82 Å². The van der Waals surface area contributed by atoms with Crippen LogP contribution in [0.1, 0.15) is 47.9 Å². The van der Waals surface area contributed by atoms with Crippen molar-refractivity contribution < 1.29 is 32.6 Å². The fraction of sp³-hybridized carbons (Fsp3) is 0.500. The molecule has 0 aromatic heterocycles. The molecule has 1 aromatic rings. The summed E-state index contributed by atoms with van der Waals surface area (Å²) in [6, 6.07) is 2.48. The second-order valence-corrected chi connectivity index (χ2v) is 7.00. The summed E-state index contributed by atoms with van der Waals surface area (Å²) in [5, 5.41) is 0. The summed E-state index contributed by atoms with van der Waals surface area (Å²) in [4.78, 5) is 37.6. The third-order valence-electron chi connectivity index (χ3n) is 3.85. The molecule has 0 saturated carbocycles. The van der Waals surface area contributed by atoms with Gasteiger partial charge in [-0.1, -0.05) is 6.07 Å². The molecule has 6 nitrogen and oxygen atoms in total.